The number of rotatable bonds is 12. The Morgan fingerprint density at radius 2 is 1.54 bits per heavy atom. The number of sulfonamides is 1. The first-order valence-corrected chi connectivity index (χ1v) is 11.0. The minimum absolute atomic E-state index is 0. The molecule has 0 aliphatic carbocycles. The highest BCUT2D eigenvalue weighted by molar-refractivity contribution is 7.89. The summed E-state index contributed by atoms with van der Waals surface area (Å²) in [6, 6.07) is 0. The molecule has 6 heteroatoms. The molecule has 0 unspecified atom stereocenters. The number of likely N-dealkylation sites (N-methyl/N-ethyl adjacent to an activating group) is 1. The molecule has 1 heterocycles. The lowest BCUT2D eigenvalue weighted by atomic mass is 10.1. The average Bonchev–Trinajstić information content (AvgIpc) is 2.54. The van der Waals surface area contributed by atoms with Crippen LogP contribution in [-0.4, -0.2) is 62.2 Å². The zero-order valence-electron chi connectivity index (χ0n) is 15.7. The summed E-state index contributed by atoms with van der Waals surface area (Å²) in [6.45, 7) is 13.4. The number of hydrogen-bond donors (Lipinski definition) is 0. The van der Waals surface area contributed by atoms with E-state index in [1.54, 1.807) is 4.31 Å². The van der Waals surface area contributed by atoms with Crippen molar-refractivity contribution in [1.82, 2.24) is 4.31 Å². The van der Waals surface area contributed by atoms with Gasteiger partial charge in [0.1, 0.15) is 0 Å². The molecule has 144 valence electrons. The van der Waals surface area contributed by atoms with Crippen LogP contribution in [0.5, 0.6) is 0 Å². The van der Waals surface area contributed by atoms with E-state index in [9.17, 15) is 8.42 Å². The molecule has 1 fully saturated rings. The Bertz CT molecular complexity index is 432. The van der Waals surface area contributed by atoms with Crippen LogP contribution in [0.1, 0.15) is 58.8 Å². The number of nitrogens with zero attached hydrogens (tertiary/aromatic N) is 2. The van der Waals surface area contributed by atoms with Gasteiger partial charge in [0.15, 0.2) is 0 Å². The van der Waals surface area contributed by atoms with Gasteiger partial charge in [-0.05, 0) is 19.4 Å². The molecule has 0 saturated carbocycles. The summed E-state index contributed by atoms with van der Waals surface area (Å²) in [6.07, 6.45) is 10.1. The molecule has 1 aliphatic rings. The van der Waals surface area contributed by atoms with Gasteiger partial charge in [0, 0.05) is 0 Å². The van der Waals surface area contributed by atoms with Crippen molar-refractivity contribution >= 4 is 10.0 Å². The maximum absolute atomic E-state index is 12.5. The molecule has 0 aromatic rings. The third kappa shape index (κ3) is 7.98. The van der Waals surface area contributed by atoms with E-state index in [-0.39, 0.29) is 17.0 Å². The first kappa shape index (κ1) is 24.1. The van der Waals surface area contributed by atoms with E-state index in [1.807, 2.05) is 6.08 Å². The Labute approximate surface area is 160 Å². The maximum Gasteiger partial charge on any atom is 0.214 e. The molecule has 0 bridgehead atoms. The fraction of sp³-hybridized carbons (Fsp3) is 0.889. The van der Waals surface area contributed by atoms with Gasteiger partial charge < -0.3 is 21.5 Å². The number of piperazine rings is 1. The van der Waals surface area contributed by atoms with Crippen molar-refractivity contribution in [2.75, 3.05) is 45.0 Å². The normalized spacial score (nSPS) is 18.1. The molecule has 1 saturated heterocycles. The highest BCUT2D eigenvalue weighted by Gasteiger charge is 2.34. The highest BCUT2D eigenvalue weighted by atomic mass is 79.9. The van der Waals surface area contributed by atoms with E-state index >= 15 is 0 Å². The molecule has 0 atom stereocenters. The van der Waals surface area contributed by atoms with E-state index in [4.69, 9.17) is 0 Å². The summed E-state index contributed by atoms with van der Waals surface area (Å²) >= 11 is 0. The third-order valence-electron chi connectivity index (χ3n) is 5.23. The van der Waals surface area contributed by atoms with Crippen molar-refractivity contribution < 1.29 is 29.9 Å². The summed E-state index contributed by atoms with van der Waals surface area (Å²) in [5.41, 5.74) is 0. The Hall–Kier alpha value is 0.0900. The summed E-state index contributed by atoms with van der Waals surface area (Å²) in [7, 11) is -3.06. The van der Waals surface area contributed by atoms with Gasteiger partial charge >= 0.3 is 0 Å². The zero-order chi connectivity index (χ0) is 17.2. The first-order valence-electron chi connectivity index (χ1n) is 9.43. The molecule has 0 spiro atoms. The van der Waals surface area contributed by atoms with Crippen molar-refractivity contribution in [2.45, 2.75) is 58.8 Å². The van der Waals surface area contributed by atoms with Gasteiger partial charge in [0.05, 0.1) is 45.0 Å². The van der Waals surface area contributed by atoms with Gasteiger partial charge in [-0.15, -0.1) is 0 Å². The quantitative estimate of drug-likeness (QED) is 0.258. The standard InChI is InChI=1S/C18H37N2O2S.BrH/c1-4-7-8-9-10-11-12-18-23(21,22)19-13-16-20(6-3,15-5-2)17-14-19;/h5H,2,4,6-18H2,1,3H3;1H/q+1;/p-1. The smallest absolute Gasteiger partial charge is 0.214 e. The molecule has 4 nitrogen and oxygen atoms in total. The predicted octanol–water partition coefficient (Wildman–Crippen LogP) is 0.409. The fourth-order valence-electron chi connectivity index (χ4n) is 3.42. The van der Waals surface area contributed by atoms with Gasteiger partial charge in [0.2, 0.25) is 10.0 Å². The van der Waals surface area contributed by atoms with Crippen LogP contribution in [0.25, 0.3) is 0 Å². The van der Waals surface area contributed by atoms with Crippen molar-refractivity contribution in [3.63, 3.8) is 0 Å². The second-order valence-electron chi connectivity index (χ2n) is 6.91. The minimum Gasteiger partial charge on any atom is -1.00 e. The molecular formula is C18H37BrN2O2S. The number of quaternary nitrogens is 1. The Morgan fingerprint density at radius 1 is 1.00 bits per heavy atom. The van der Waals surface area contributed by atoms with Crippen molar-refractivity contribution in [1.29, 1.82) is 0 Å². The summed E-state index contributed by atoms with van der Waals surface area (Å²) < 4.78 is 27.7. The van der Waals surface area contributed by atoms with Gasteiger partial charge in [-0.1, -0.05) is 52.0 Å². The Balaban J connectivity index is 0.00000529. The molecule has 1 aliphatic heterocycles. The summed E-state index contributed by atoms with van der Waals surface area (Å²) in [5.74, 6) is 0.328. The highest BCUT2D eigenvalue weighted by Crippen LogP contribution is 2.17. The maximum atomic E-state index is 12.5. The lowest BCUT2D eigenvalue weighted by molar-refractivity contribution is -0.924. The first-order chi connectivity index (χ1) is 11.0. The fourth-order valence-corrected chi connectivity index (χ4v) is 4.97. The summed E-state index contributed by atoms with van der Waals surface area (Å²) in [5, 5.41) is 0. The van der Waals surface area contributed by atoms with Crippen molar-refractivity contribution in [2.24, 2.45) is 0 Å². The lowest BCUT2D eigenvalue weighted by Crippen LogP contribution is -3.00. The van der Waals surface area contributed by atoms with Crippen molar-refractivity contribution in [3.05, 3.63) is 12.7 Å². The minimum atomic E-state index is -3.06. The van der Waals surface area contributed by atoms with E-state index in [1.165, 1.54) is 32.1 Å². The van der Waals surface area contributed by atoms with Gasteiger partial charge in [-0.25, -0.2) is 8.42 Å². The molecular weight excluding hydrogens is 388 g/mol. The van der Waals surface area contributed by atoms with Crippen LogP contribution in [0.15, 0.2) is 12.7 Å². The molecule has 0 amide bonds. The van der Waals surface area contributed by atoms with Crippen LogP contribution >= 0.6 is 0 Å². The van der Waals surface area contributed by atoms with Crippen LogP contribution in [0.2, 0.25) is 0 Å². The van der Waals surface area contributed by atoms with Crippen LogP contribution in [0.4, 0.5) is 0 Å². The molecule has 0 aromatic carbocycles. The second-order valence-corrected chi connectivity index (χ2v) is 9.00. The van der Waals surface area contributed by atoms with Crippen LogP contribution in [0.3, 0.4) is 0 Å². The van der Waals surface area contributed by atoms with Gasteiger partial charge in [-0.2, -0.15) is 4.31 Å². The molecule has 0 aromatic heterocycles. The number of unbranched alkanes of at least 4 members (excludes halogenated alkanes) is 6. The van der Waals surface area contributed by atoms with Crippen LogP contribution in [0, 0.1) is 0 Å². The Morgan fingerprint density at radius 3 is 2.04 bits per heavy atom. The third-order valence-corrected chi connectivity index (χ3v) is 7.19. The van der Waals surface area contributed by atoms with Gasteiger partial charge in [-0.3, -0.25) is 0 Å². The largest absolute Gasteiger partial charge is 1.00 e. The topological polar surface area (TPSA) is 37.4 Å². The van der Waals surface area contributed by atoms with Crippen LogP contribution in [-0.2, 0) is 10.0 Å². The number of hydrogen-bond acceptors (Lipinski definition) is 2. The van der Waals surface area contributed by atoms with E-state index < -0.39 is 10.0 Å². The second kappa shape index (κ2) is 12.4. The summed E-state index contributed by atoms with van der Waals surface area (Å²) in [4.78, 5) is 0. The molecule has 0 N–H and O–H groups in total. The SMILES string of the molecule is C=CC[N+]1(CC)CCN(S(=O)(=O)CCCCCCCCC)CC1.[Br-]. The van der Waals surface area contributed by atoms with Gasteiger partial charge in [0.25, 0.3) is 0 Å². The average molecular weight is 425 g/mol. The van der Waals surface area contributed by atoms with E-state index in [0.29, 0.717) is 18.8 Å². The number of halogens is 1. The van der Waals surface area contributed by atoms with Crippen molar-refractivity contribution in [3.8, 4) is 0 Å². The van der Waals surface area contributed by atoms with E-state index in [0.717, 1.165) is 43.5 Å². The zero-order valence-corrected chi connectivity index (χ0v) is 18.1. The monoisotopic (exact) mass is 424 g/mol. The molecule has 0 radical (unpaired) electrons. The van der Waals surface area contributed by atoms with Crippen LogP contribution < -0.4 is 17.0 Å². The Kier molecular flexibility index (Phi) is 12.5. The van der Waals surface area contributed by atoms with E-state index in [2.05, 4.69) is 20.4 Å². The lowest BCUT2D eigenvalue weighted by Gasteiger charge is -2.43. The predicted molar refractivity (Wildman–Crippen MR) is 99.0 cm³/mol. The molecule has 24 heavy (non-hydrogen) atoms. The molecule has 1 rings (SSSR count).